The molecule has 0 unspecified atom stereocenters. The first-order valence-electron chi connectivity index (χ1n) is 6.82. The van der Waals surface area contributed by atoms with Crippen LogP contribution in [0, 0.1) is 0 Å². The van der Waals surface area contributed by atoms with Gasteiger partial charge in [-0.15, -0.1) is 5.10 Å². The van der Waals surface area contributed by atoms with E-state index in [1.165, 1.54) is 28.9 Å². The summed E-state index contributed by atoms with van der Waals surface area (Å²) >= 11 is 12.3. The maximum atomic E-state index is 11.3. The highest BCUT2D eigenvalue weighted by atomic mass is 35.5. The molecule has 1 heterocycles. The average molecular weight is 399 g/mol. The number of para-hydroxylation sites is 1. The number of halogens is 2. The lowest BCUT2D eigenvalue weighted by molar-refractivity contribution is 0.598. The third-order valence-electron chi connectivity index (χ3n) is 3.22. The molecule has 0 fully saturated rings. The second-order valence-electron chi connectivity index (χ2n) is 4.97. The van der Waals surface area contributed by atoms with Crippen LogP contribution in [-0.2, 0) is 10.0 Å². The van der Waals surface area contributed by atoms with Gasteiger partial charge in [0.25, 0.3) is 0 Å². The van der Waals surface area contributed by atoms with E-state index < -0.39 is 10.0 Å². The molecule has 0 aliphatic rings. The maximum absolute atomic E-state index is 11.3. The van der Waals surface area contributed by atoms with Crippen molar-refractivity contribution in [2.45, 2.75) is 4.90 Å². The number of anilines is 3. The van der Waals surface area contributed by atoms with E-state index in [-0.39, 0.29) is 16.8 Å². The van der Waals surface area contributed by atoms with Crippen LogP contribution in [0.15, 0.2) is 47.4 Å². The van der Waals surface area contributed by atoms with E-state index in [1.54, 1.807) is 18.2 Å². The number of hydrogen-bond donors (Lipinski definition) is 3. The minimum absolute atomic E-state index is 0.00102. The van der Waals surface area contributed by atoms with Crippen molar-refractivity contribution >= 4 is 50.8 Å². The molecule has 3 rings (SSSR count). The molecule has 3 aromatic rings. The number of nitrogens with one attached hydrogen (secondary N) is 1. The fourth-order valence-electron chi connectivity index (χ4n) is 2.09. The topological polar surface area (TPSA) is 129 Å². The average Bonchev–Trinajstić information content (AvgIpc) is 2.87. The largest absolute Gasteiger partial charge is 0.368 e. The molecule has 25 heavy (non-hydrogen) atoms. The van der Waals surface area contributed by atoms with Crippen LogP contribution >= 0.6 is 23.2 Å². The van der Waals surface area contributed by atoms with Gasteiger partial charge in [-0.25, -0.2) is 13.6 Å². The van der Waals surface area contributed by atoms with Gasteiger partial charge in [-0.05, 0) is 36.4 Å². The van der Waals surface area contributed by atoms with E-state index in [1.807, 2.05) is 0 Å². The van der Waals surface area contributed by atoms with Crippen molar-refractivity contribution in [2.24, 2.45) is 5.14 Å². The van der Waals surface area contributed by atoms with Crippen molar-refractivity contribution in [1.29, 1.82) is 0 Å². The van der Waals surface area contributed by atoms with E-state index in [9.17, 15) is 8.42 Å². The number of rotatable bonds is 4. The molecule has 0 spiro atoms. The molecule has 0 saturated heterocycles. The summed E-state index contributed by atoms with van der Waals surface area (Å²) in [5.74, 6) is 0.274. The standard InChI is InChI=1S/C14H12Cl2N6O2S/c15-10-2-1-3-11(16)12(10)22-13(17)20-14(21-22)19-8-4-6-9(7-5-8)25(18,23)24/h1-7H,(H2,18,23,24)(H3,17,19,20,21). The summed E-state index contributed by atoms with van der Waals surface area (Å²) in [6.45, 7) is 0. The molecule has 2 aromatic carbocycles. The molecular formula is C14H12Cl2N6O2S. The maximum Gasteiger partial charge on any atom is 0.248 e. The quantitative estimate of drug-likeness (QED) is 0.618. The summed E-state index contributed by atoms with van der Waals surface area (Å²) in [6, 6.07) is 10.8. The number of sulfonamides is 1. The third-order valence-corrected chi connectivity index (χ3v) is 4.76. The van der Waals surface area contributed by atoms with E-state index in [0.717, 1.165) is 0 Å². The summed E-state index contributed by atoms with van der Waals surface area (Å²) in [7, 11) is -3.75. The van der Waals surface area contributed by atoms with Crippen molar-refractivity contribution < 1.29 is 8.42 Å². The lowest BCUT2D eigenvalue weighted by Crippen LogP contribution is -2.11. The van der Waals surface area contributed by atoms with Crippen LogP contribution in [0.5, 0.6) is 0 Å². The predicted molar refractivity (Wildman–Crippen MR) is 96.9 cm³/mol. The van der Waals surface area contributed by atoms with Crippen LogP contribution in [0.1, 0.15) is 0 Å². The molecule has 8 nitrogen and oxygen atoms in total. The molecule has 0 bridgehead atoms. The molecule has 1 aromatic heterocycles. The zero-order valence-corrected chi connectivity index (χ0v) is 14.8. The minimum atomic E-state index is -3.75. The zero-order chi connectivity index (χ0) is 18.2. The summed E-state index contributed by atoms with van der Waals surface area (Å²) in [5.41, 5.74) is 6.84. The summed E-state index contributed by atoms with van der Waals surface area (Å²) in [6.07, 6.45) is 0. The van der Waals surface area contributed by atoms with Crippen LogP contribution in [0.4, 0.5) is 17.6 Å². The van der Waals surface area contributed by atoms with E-state index in [4.69, 9.17) is 34.1 Å². The predicted octanol–water partition coefficient (Wildman–Crippen LogP) is 2.55. The number of hydrogen-bond acceptors (Lipinski definition) is 6. The number of aromatic nitrogens is 3. The molecule has 0 atom stereocenters. The fraction of sp³-hybridized carbons (Fsp3) is 0. The second kappa shape index (κ2) is 6.52. The smallest absolute Gasteiger partial charge is 0.248 e. The molecule has 0 aliphatic heterocycles. The molecule has 5 N–H and O–H groups in total. The van der Waals surface area contributed by atoms with Gasteiger partial charge in [0, 0.05) is 5.69 Å². The number of nitrogen functional groups attached to an aromatic ring is 1. The Balaban J connectivity index is 1.91. The molecule has 130 valence electrons. The van der Waals surface area contributed by atoms with Gasteiger partial charge < -0.3 is 11.1 Å². The third kappa shape index (κ3) is 3.69. The monoisotopic (exact) mass is 398 g/mol. The van der Waals surface area contributed by atoms with Gasteiger partial charge in [0.15, 0.2) is 0 Å². The number of nitrogens with two attached hydrogens (primary N) is 2. The molecule has 0 radical (unpaired) electrons. The van der Waals surface area contributed by atoms with Gasteiger partial charge >= 0.3 is 0 Å². The Kier molecular flexibility index (Phi) is 4.56. The Bertz CT molecular complexity index is 1010. The van der Waals surface area contributed by atoms with Gasteiger partial charge in [0.2, 0.25) is 21.9 Å². The first kappa shape index (κ1) is 17.5. The molecular weight excluding hydrogens is 387 g/mol. The summed E-state index contributed by atoms with van der Waals surface area (Å²) < 4.78 is 23.8. The highest BCUT2D eigenvalue weighted by Crippen LogP contribution is 2.30. The first-order chi connectivity index (χ1) is 11.8. The number of benzene rings is 2. The van der Waals surface area contributed by atoms with Gasteiger partial charge in [-0.3, -0.25) is 0 Å². The Morgan fingerprint density at radius 1 is 1.04 bits per heavy atom. The van der Waals surface area contributed by atoms with Crippen LogP contribution in [-0.4, -0.2) is 23.2 Å². The van der Waals surface area contributed by atoms with Crippen molar-refractivity contribution in [3.05, 3.63) is 52.5 Å². The zero-order valence-electron chi connectivity index (χ0n) is 12.5. The Labute approximate surface area is 153 Å². The van der Waals surface area contributed by atoms with Crippen molar-refractivity contribution in [2.75, 3.05) is 11.1 Å². The second-order valence-corrected chi connectivity index (χ2v) is 7.35. The van der Waals surface area contributed by atoms with Crippen LogP contribution in [0.25, 0.3) is 5.69 Å². The Hall–Kier alpha value is -2.33. The molecule has 11 heteroatoms. The van der Waals surface area contributed by atoms with Gasteiger partial charge in [-0.1, -0.05) is 29.3 Å². The first-order valence-corrected chi connectivity index (χ1v) is 9.13. The van der Waals surface area contributed by atoms with Crippen LogP contribution < -0.4 is 16.2 Å². The van der Waals surface area contributed by atoms with Crippen molar-refractivity contribution in [3.8, 4) is 5.69 Å². The fourth-order valence-corrected chi connectivity index (χ4v) is 3.16. The molecule has 0 aliphatic carbocycles. The van der Waals surface area contributed by atoms with Crippen LogP contribution in [0.3, 0.4) is 0 Å². The van der Waals surface area contributed by atoms with Crippen molar-refractivity contribution in [3.63, 3.8) is 0 Å². The molecule has 0 amide bonds. The van der Waals surface area contributed by atoms with Gasteiger partial charge in [0.1, 0.15) is 5.69 Å². The van der Waals surface area contributed by atoms with E-state index >= 15 is 0 Å². The molecule has 0 saturated carbocycles. The minimum Gasteiger partial charge on any atom is -0.368 e. The van der Waals surface area contributed by atoms with E-state index in [0.29, 0.717) is 21.4 Å². The summed E-state index contributed by atoms with van der Waals surface area (Å²) in [4.78, 5) is 4.09. The van der Waals surface area contributed by atoms with Crippen LogP contribution in [0.2, 0.25) is 10.0 Å². The number of nitrogens with zero attached hydrogens (tertiary/aromatic N) is 3. The SMILES string of the molecule is Nc1nc(Nc2ccc(S(N)(=O)=O)cc2)nn1-c1c(Cl)cccc1Cl. The normalized spacial score (nSPS) is 11.5. The van der Waals surface area contributed by atoms with E-state index in [2.05, 4.69) is 15.4 Å². The Morgan fingerprint density at radius 2 is 1.64 bits per heavy atom. The lowest BCUT2D eigenvalue weighted by atomic mass is 10.3. The van der Waals surface area contributed by atoms with Gasteiger partial charge in [0.05, 0.1) is 14.9 Å². The Morgan fingerprint density at radius 3 is 2.20 bits per heavy atom. The van der Waals surface area contributed by atoms with Crippen molar-refractivity contribution in [1.82, 2.24) is 14.8 Å². The summed E-state index contributed by atoms with van der Waals surface area (Å²) in [5, 5.41) is 12.9. The lowest BCUT2D eigenvalue weighted by Gasteiger charge is -2.07. The van der Waals surface area contributed by atoms with Gasteiger partial charge in [-0.2, -0.15) is 9.67 Å². The highest BCUT2D eigenvalue weighted by Gasteiger charge is 2.15. The highest BCUT2D eigenvalue weighted by molar-refractivity contribution is 7.89. The number of primary sulfonamides is 1.